The van der Waals surface area contributed by atoms with E-state index in [1.54, 1.807) is 0 Å². The Labute approximate surface area is 322 Å². The molecule has 9 rings (SSSR count). The predicted molar refractivity (Wildman–Crippen MR) is 234 cm³/mol. The lowest BCUT2D eigenvalue weighted by Crippen LogP contribution is -1.98. The maximum atomic E-state index is 5.26. The van der Waals surface area contributed by atoms with Crippen molar-refractivity contribution in [1.29, 1.82) is 0 Å². The Hall–Kier alpha value is -6.90. The van der Waals surface area contributed by atoms with Crippen LogP contribution in [-0.2, 0) is 0 Å². The first-order valence-electron chi connectivity index (χ1n) is 19.0. The maximum absolute atomic E-state index is 5.26. The number of allylic oxidation sites excluding steroid dienone is 4. The highest BCUT2D eigenvalue weighted by molar-refractivity contribution is 6.15. The quantitative estimate of drug-likeness (QED) is 0.116. The number of hydrogen-bond donors (Lipinski definition) is 0. The van der Waals surface area contributed by atoms with Crippen molar-refractivity contribution in [3.05, 3.63) is 206 Å². The summed E-state index contributed by atoms with van der Waals surface area (Å²) in [5.41, 5.74) is 11.0. The van der Waals surface area contributed by atoms with Crippen molar-refractivity contribution >= 4 is 32.3 Å². The minimum absolute atomic E-state index is 0.236. The topological polar surface area (TPSA) is 25.8 Å². The molecule has 262 valence electrons. The highest BCUT2D eigenvalue weighted by atomic mass is 14.9. The number of fused-ring (bicyclic) bond motifs is 3. The summed E-state index contributed by atoms with van der Waals surface area (Å²) in [5.74, 6) is 0.935. The van der Waals surface area contributed by atoms with Gasteiger partial charge in [0.2, 0.25) is 0 Å². The van der Waals surface area contributed by atoms with E-state index in [9.17, 15) is 0 Å². The molecule has 0 aliphatic rings. The van der Waals surface area contributed by atoms with Gasteiger partial charge in [0.15, 0.2) is 5.82 Å². The summed E-state index contributed by atoms with van der Waals surface area (Å²) in [6.07, 6.45) is 8.62. The maximum Gasteiger partial charge on any atom is 0.160 e. The Bertz CT molecular complexity index is 2820. The molecule has 0 fully saturated rings. The van der Waals surface area contributed by atoms with E-state index >= 15 is 0 Å². The molecule has 1 aromatic heterocycles. The molecule has 0 bridgehead atoms. The number of nitrogens with zero attached hydrogens (tertiary/aromatic N) is 2. The van der Waals surface area contributed by atoms with Gasteiger partial charge in [-0.25, -0.2) is 9.97 Å². The van der Waals surface area contributed by atoms with E-state index < -0.39 is 0 Å². The fourth-order valence-electron chi connectivity index (χ4n) is 7.99. The van der Waals surface area contributed by atoms with Crippen LogP contribution in [0.4, 0.5) is 0 Å². The van der Waals surface area contributed by atoms with Gasteiger partial charge in [-0.2, -0.15) is 0 Å². The number of benzene rings is 8. The lowest BCUT2D eigenvalue weighted by molar-refractivity contribution is 0.992. The molecule has 2 heteroatoms. The summed E-state index contributed by atoms with van der Waals surface area (Å²) < 4.78 is 0. The molecule has 0 radical (unpaired) electrons. The van der Waals surface area contributed by atoms with Gasteiger partial charge in [0, 0.05) is 22.6 Å². The smallest absolute Gasteiger partial charge is 0.160 e. The minimum atomic E-state index is 0.236. The third kappa shape index (κ3) is 6.53. The van der Waals surface area contributed by atoms with E-state index in [4.69, 9.17) is 9.97 Å². The SMILES string of the molecule is C/C=C\C=C/C(C)c1c2ccccc2c(-c2cccc(-c3nc(-c4ccccc4)cc(-c4ccc(-c5cccc6ccccc56)cc4)n3)c2)c2ccccc12. The third-order valence-electron chi connectivity index (χ3n) is 10.6. The zero-order valence-corrected chi connectivity index (χ0v) is 31.0. The molecule has 0 N–H and O–H groups in total. The summed E-state index contributed by atoms with van der Waals surface area (Å²) in [7, 11) is 0. The molecule has 1 heterocycles. The third-order valence-corrected chi connectivity index (χ3v) is 10.6. The Balaban J connectivity index is 1.18. The molecule has 8 aromatic carbocycles. The molecule has 0 saturated carbocycles. The van der Waals surface area contributed by atoms with Crippen molar-refractivity contribution in [3.63, 3.8) is 0 Å². The second-order valence-electron chi connectivity index (χ2n) is 14.1. The van der Waals surface area contributed by atoms with Gasteiger partial charge >= 0.3 is 0 Å². The molecule has 1 unspecified atom stereocenters. The van der Waals surface area contributed by atoms with Crippen LogP contribution in [0.2, 0.25) is 0 Å². The van der Waals surface area contributed by atoms with Gasteiger partial charge in [0.05, 0.1) is 11.4 Å². The Morgan fingerprint density at radius 1 is 0.436 bits per heavy atom. The summed E-state index contributed by atoms with van der Waals surface area (Å²) in [6, 6.07) is 62.8. The lowest BCUT2D eigenvalue weighted by atomic mass is 9.84. The van der Waals surface area contributed by atoms with Crippen molar-refractivity contribution in [2.75, 3.05) is 0 Å². The number of aromatic nitrogens is 2. The molecule has 0 saturated heterocycles. The van der Waals surface area contributed by atoms with Crippen LogP contribution in [0.3, 0.4) is 0 Å². The first-order chi connectivity index (χ1) is 27.2. The molecular formula is C53H40N2. The van der Waals surface area contributed by atoms with Crippen molar-refractivity contribution in [2.45, 2.75) is 19.8 Å². The summed E-state index contributed by atoms with van der Waals surface area (Å²) >= 11 is 0. The van der Waals surface area contributed by atoms with Crippen LogP contribution < -0.4 is 0 Å². The van der Waals surface area contributed by atoms with Crippen LogP contribution in [0.15, 0.2) is 200 Å². The van der Waals surface area contributed by atoms with Crippen LogP contribution in [0.5, 0.6) is 0 Å². The molecule has 0 aliphatic heterocycles. The van der Waals surface area contributed by atoms with Gasteiger partial charge in [-0.1, -0.05) is 195 Å². The first kappa shape index (κ1) is 33.9. The lowest BCUT2D eigenvalue weighted by Gasteiger charge is -2.20. The van der Waals surface area contributed by atoms with E-state index in [0.717, 1.165) is 33.6 Å². The molecular weight excluding hydrogens is 665 g/mol. The normalized spacial score (nSPS) is 12.3. The van der Waals surface area contributed by atoms with Gasteiger partial charge in [-0.15, -0.1) is 0 Å². The number of rotatable bonds is 8. The zero-order chi connectivity index (χ0) is 37.1. The van der Waals surface area contributed by atoms with E-state index in [-0.39, 0.29) is 5.92 Å². The van der Waals surface area contributed by atoms with Crippen LogP contribution in [0.25, 0.3) is 88.5 Å². The predicted octanol–water partition coefficient (Wildman–Crippen LogP) is 14.5. The first-order valence-corrected chi connectivity index (χ1v) is 19.0. The molecule has 2 nitrogen and oxygen atoms in total. The van der Waals surface area contributed by atoms with Gasteiger partial charge in [-0.3, -0.25) is 0 Å². The van der Waals surface area contributed by atoms with E-state index in [2.05, 4.69) is 208 Å². The fourth-order valence-corrected chi connectivity index (χ4v) is 7.99. The van der Waals surface area contributed by atoms with Crippen LogP contribution >= 0.6 is 0 Å². The second kappa shape index (κ2) is 14.9. The molecule has 0 aliphatic carbocycles. The van der Waals surface area contributed by atoms with Crippen molar-refractivity contribution in [2.24, 2.45) is 0 Å². The molecule has 0 spiro atoms. The molecule has 9 aromatic rings. The van der Waals surface area contributed by atoms with Gasteiger partial charge in [0.25, 0.3) is 0 Å². The van der Waals surface area contributed by atoms with Crippen molar-refractivity contribution in [1.82, 2.24) is 9.97 Å². The van der Waals surface area contributed by atoms with Gasteiger partial charge in [-0.05, 0) is 79.2 Å². The van der Waals surface area contributed by atoms with Gasteiger partial charge in [0.1, 0.15) is 0 Å². The Kier molecular flexibility index (Phi) is 9.15. The number of hydrogen-bond acceptors (Lipinski definition) is 2. The van der Waals surface area contributed by atoms with Crippen LogP contribution in [-0.4, -0.2) is 9.97 Å². The molecule has 0 amide bonds. The highest BCUT2D eigenvalue weighted by Gasteiger charge is 2.19. The largest absolute Gasteiger partial charge is 0.228 e. The standard InChI is InChI=1S/C53H40N2/c1-3-4-6-17-36(2)51-45-25-11-13-27-47(45)52(48-28-14-12-26-46(48)51)41-22-15-23-42(34-41)53-54-49(39-19-7-5-8-20-39)35-50(55-53)40-32-30-38(31-33-40)44-29-16-21-37-18-9-10-24-43(37)44/h3-36H,1-2H3/b4-3-,17-6-. The minimum Gasteiger partial charge on any atom is -0.228 e. The van der Waals surface area contributed by atoms with E-state index in [0.29, 0.717) is 5.82 Å². The summed E-state index contributed by atoms with van der Waals surface area (Å²) in [4.78, 5) is 10.5. The molecule has 1 atom stereocenters. The summed E-state index contributed by atoms with van der Waals surface area (Å²) in [5, 5.41) is 7.52. The Morgan fingerprint density at radius 2 is 0.964 bits per heavy atom. The average molecular weight is 705 g/mol. The fraction of sp³-hybridized carbons (Fsp3) is 0.0566. The second-order valence-corrected chi connectivity index (χ2v) is 14.1. The molecule has 55 heavy (non-hydrogen) atoms. The van der Waals surface area contributed by atoms with Crippen LogP contribution in [0.1, 0.15) is 25.3 Å². The Morgan fingerprint density at radius 3 is 1.65 bits per heavy atom. The zero-order valence-electron chi connectivity index (χ0n) is 31.0. The van der Waals surface area contributed by atoms with Crippen LogP contribution in [0, 0.1) is 0 Å². The average Bonchev–Trinajstić information content (AvgIpc) is 3.25. The van der Waals surface area contributed by atoms with Gasteiger partial charge < -0.3 is 0 Å². The highest BCUT2D eigenvalue weighted by Crippen LogP contribution is 2.43. The monoisotopic (exact) mass is 704 g/mol. The van der Waals surface area contributed by atoms with E-state index in [1.165, 1.54) is 54.6 Å². The summed E-state index contributed by atoms with van der Waals surface area (Å²) in [6.45, 7) is 4.34. The van der Waals surface area contributed by atoms with Crippen molar-refractivity contribution in [3.8, 4) is 56.2 Å². The van der Waals surface area contributed by atoms with E-state index in [1.807, 2.05) is 6.07 Å². The van der Waals surface area contributed by atoms with Crippen molar-refractivity contribution < 1.29 is 0 Å².